The first-order chi connectivity index (χ1) is 11.2. The van der Waals surface area contributed by atoms with Crippen LogP contribution in [0.2, 0.25) is 0 Å². The Balaban J connectivity index is 2.21. The van der Waals surface area contributed by atoms with E-state index in [-0.39, 0.29) is 16.8 Å². The molecule has 2 rings (SSSR count). The third-order valence-corrected chi connectivity index (χ3v) is 3.02. The van der Waals surface area contributed by atoms with Crippen LogP contribution in [0.1, 0.15) is 37.0 Å². The third-order valence-electron chi connectivity index (χ3n) is 3.02. The Morgan fingerprint density at radius 3 is 2.54 bits per heavy atom. The quantitative estimate of drug-likeness (QED) is 0.526. The summed E-state index contributed by atoms with van der Waals surface area (Å²) in [6, 6.07) is 6.04. The molecule has 2 aromatic rings. The van der Waals surface area contributed by atoms with Crippen molar-refractivity contribution < 1.29 is 18.1 Å². The van der Waals surface area contributed by atoms with E-state index in [9.17, 15) is 13.6 Å². The van der Waals surface area contributed by atoms with Crippen molar-refractivity contribution in [2.75, 3.05) is 5.43 Å². The van der Waals surface area contributed by atoms with Gasteiger partial charge in [0.2, 0.25) is 11.5 Å². The number of nitrogens with zero attached hydrogens (tertiary/aromatic N) is 3. The van der Waals surface area contributed by atoms with Crippen LogP contribution in [0, 0.1) is 23.0 Å². The van der Waals surface area contributed by atoms with E-state index in [0.29, 0.717) is 5.76 Å². The van der Waals surface area contributed by atoms with Crippen molar-refractivity contribution >= 4 is 17.2 Å². The number of hydrogen-bond donors (Lipinski definition) is 1. The van der Waals surface area contributed by atoms with Gasteiger partial charge < -0.3 is 4.52 Å². The maximum Gasteiger partial charge on any atom is 0.245 e. The molecule has 0 radical (unpaired) electrons. The molecule has 24 heavy (non-hydrogen) atoms. The molecule has 0 aliphatic carbocycles. The molecule has 1 N–H and O–H groups in total. The monoisotopic (exact) mass is 332 g/mol. The molecule has 124 valence electrons. The summed E-state index contributed by atoms with van der Waals surface area (Å²) in [6.45, 7) is 5.64. The van der Waals surface area contributed by atoms with Crippen LogP contribution in [0.3, 0.4) is 0 Å². The summed E-state index contributed by atoms with van der Waals surface area (Å²) in [5.74, 6) is -2.35. The molecule has 0 aliphatic heterocycles. The highest BCUT2D eigenvalue weighted by Crippen LogP contribution is 2.23. The number of rotatable bonds is 4. The molecule has 0 saturated heterocycles. The summed E-state index contributed by atoms with van der Waals surface area (Å²) in [7, 11) is 0. The molecule has 0 fully saturated rings. The SMILES string of the molecule is CC(C)(C)c1cc(C(=O)/C(C#N)=N/Nc2ccc(F)c(F)c2)no1. The van der Waals surface area contributed by atoms with Crippen molar-refractivity contribution in [2.45, 2.75) is 26.2 Å². The lowest BCUT2D eigenvalue weighted by Gasteiger charge is -2.11. The van der Waals surface area contributed by atoms with Gasteiger partial charge in [-0.15, -0.1) is 0 Å². The zero-order valence-corrected chi connectivity index (χ0v) is 13.2. The van der Waals surface area contributed by atoms with Gasteiger partial charge in [-0.05, 0) is 12.1 Å². The van der Waals surface area contributed by atoms with Crippen molar-refractivity contribution in [1.82, 2.24) is 5.16 Å². The fourth-order valence-electron chi connectivity index (χ4n) is 1.67. The Hall–Kier alpha value is -3.08. The zero-order valence-electron chi connectivity index (χ0n) is 13.2. The van der Waals surface area contributed by atoms with Crippen molar-refractivity contribution in [1.29, 1.82) is 5.26 Å². The maximum atomic E-state index is 13.1. The van der Waals surface area contributed by atoms with Gasteiger partial charge >= 0.3 is 0 Å². The third kappa shape index (κ3) is 3.81. The van der Waals surface area contributed by atoms with E-state index in [0.717, 1.165) is 12.1 Å². The van der Waals surface area contributed by atoms with Gasteiger partial charge in [-0.2, -0.15) is 10.4 Å². The number of halogens is 2. The summed E-state index contributed by atoms with van der Waals surface area (Å²) in [6.07, 6.45) is 0. The standard InChI is InChI=1S/C16H14F2N4O2/c1-16(2,3)14-7-12(22-24-14)15(23)13(8-19)21-20-9-4-5-10(17)11(18)6-9/h4-7,20H,1-3H3/b21-13+. The molecule has 0 atom stereocenters. The molecule has 1 aromatic carbocycles. The van der Waals surface area contributed by atoms with Crippen LogP contribution < -0.4 is 5.43 Å². The van der Waals surface area contributed by atoms with Crippen LogP contribution in [-0.2, 0) is 5.41 Å². The number of hydrazone groups is 1. The Morgan fingerprint density at radius 2 is 2.00 bits per heavy atom. The predicted octanol–water partition coefficient (Wildman–Crippen LogP) is 3.42. The van der Waals surface area contributed by atoms with E-state index in [4.69, 9.17) is 9.78 Å². The lowest BCUT2D eigenvalue weighted by atomic mass is 9.93. The molecular formula is C16H14F2N4O2. The molecule has 0 spiro atoms. The number of anilines is 1. The van der Waals surface area contributed by atoms with Crippen LogP contribution in [0.15, 0.2) is 33.9 Å². The molecular weight excluding hydrogens is 318 g/mol. The van der Waals surface area contributed by atoms with Crippen LogP contribution in [0.5, 0.6) is 0 Å². The number of benzene rings is 1. The molecule has 0 aliphatic rings. The number of carbonyl (C=O) groups is 1. The fourth-order valence-corrected chi connectivity index (χ4v) is 1.67. The summed E-state index contributed by atoms with van der Waals surface area (Å²) >= 11 is 0. The van der Waals surface area contributed by atoms with Gasteiger partial charge in [-0.1, -0.05) is 25.9 Å². The number of nitrogens with one attached hydrogen (secondary N) is 1. The average molecular weight is 332 g/mol. The number of aromatic nitrogens is 1. The smallest absolute Gasteiger partial charge is 0.245 e. The van der Waals surface area contributed by atoms with E-state index in [1.54, 1.807) is 6.07 Å². The minimum Gasteiger partial charge on any atom is -0.360 e. The van der Waals surface area contributed by atoms with E-state index in [2.05, 4.69) is 15.7 Å². The highest BCUT2D eigenvalue weighted by atomic mass is 19.2. The summed E-state index contributed by atoms with van der Waals surface area (Å²) in [4.78, 5) is 12.2. The zero-order chi connectivity index (χ0) is 17.9. The average Bonchev–Trinajstić information content (AvgIpc) is 3.01. The van der Waals surface area contributed by atoms with Gasteiger partial charge in [0.1, 0.15) is 11.8 Å². The highest BCUT2D eigenvalue weighted by Gasteiger charge is 2.24. The predicted molar refractivity (Wildman–Crippen MR) is 82.6 cm³/mol. The first kappa shape index (κ1) is 17.3. The minimum atomic E-state index is -1.08. The highest BCUT2D eigenvalue weighted by molar-refractivity contribution is 6.51. The Kier molecular flexibility index (Phi) is 4.74. The Bertz CT molecular complexity index is 844. The summed E-state index contributed by atoms with van der Waals surface area (Å²) in [5, 5.41) is 16.3. The lowest BCUT2D eigenvalue weighted by molar-refractivity contribution is 0.105. The van der Waals surface area contributed by atoms with Gasteiger partial charge in [0, 0.05) is 17.5 Å². The molecule has 6 nitrogen and oxygen atoms in total. The van der Waals surface area contributed by atoms with Crippen molar-refractivity contribution in [3.8, 4) is 6.07 Å². The summed E-state index contributed by atoms with van der Waals surface area (Å²) < 4.78 is 31.0. The van der Waals surface area contributed by atoms with E-state index in [1.165, 1.54) is 12.1 Å². The summed E-state index contributed by atoms with van der Waals surface area (Å²) in [5.41, 5.74) is 1.52. The van der Waals surface area contributed by atoms with Crippen molar-refractivity contribution in [3.05, 3.63) is 47.4 Å². The number of nitriles is 1. The second-order valence-electron chi connectivity index (χ2n) is 5.97. The van der Waals surface area contributed by atoms with Crippen molar-refractivity contribution in [3.63, 3.8) is 0 Å². The Morgan fingerprint density at radius 1 is 1.29 bits per heavy atom. The molecule has 0 saturated carbocycles. The van der Waals surface area contributed by atoms with Gasteiger partial charge in [-0.25, -0.2) is 8.78 Å². The first-order valence-electron chi connectivity index (χ1n) is 6.93. The van der Waals surface area contributed by atoms with Crippen LogP contribution >= 0.6 is 0 Å². The topological polar surface area (TPSA) is 91.3 Å². The Labute approximate surface area is 136 Å². The number of carbonyl (C=O) groups excluding carboxylic acids is 1. The molecule has 0 bridgehead atoms. The molecule has 8 heteroatoms. The largest absolute Gasteiger partial charge is 0.360 e. The number of Topliss-reactive ketones (excluding diaryl/α,β-unsaturated/α-hetero) is 1. The molecule has 1 heterocycles. The molecule has 0 amide bonds. The normalized spacial score (nSPS) is 11.9. The van der Waals surface area contributed by atoms with Crippen molar-refractivity contribution in [2.24, 2.45) is 5.10 Å². The maximum absolute atomic E-state index is 13.1. The second kappa shape index (κ2) is 6.58. The number of hydrogen-bond acceptors (Lipinski definition) is 6. The minimum absolute atomic E-state index is 0.0627. The van der Waals surface area contributed by atoms with E-state index >= 15 is 0 Å². The first-order valence-corrected chi connectivity index (χ1v) is 6.93. The lowest BCUT2D eigenvalue weighted by Crippen LogP contribution is -2.15. The van der Waals surface area contributed by atoms with Gasteiger partial charge in [0.25, 0.3) is 0 Å². The second-order valence-corrected chi connectivity index (χ2v) is 5.97. The van der Waals surface area contributed by atoms with E-state index < -0.39 is 23.1 Å². The molecule has 0 unspecified atom stereocenters. The van der Waals surface area contributed by atoms with Gasteiger partial charge in [0.05, 0.1) is 5.69 Å². The fraction of sp³-hybridized carbons (Fsp3) is 0.250. The number of ketones is 1. The van der Waals surface area contributed by atoms with Gasteiger partial charge in [0.15, 0.2) is 17.3 Å². The van der Waals surface area contributed by atoms with Crippen LogP contribution in [0.4, 0.5) is 14.5 Å². The van der Waals surface area contributed by atoms with Crippen LogP contribution in [-0.4, -0.2) is 16.7 Å². The van der Waals surface area contributed by atoms with Gasteiger partial charge in [-0.3, -0.25) is 10.2 Å². The molecule has 1 aromatic heterocycles. The van der Waals surface area contributed by atoms with Crippen LogP contribution in [0.25, 0.3) is 0 Å². The van der Waals surface area contributed by atoms with E-state index in [1.807, 2.05) is 20.8 Å².